The van der Waals surface area contributed by atoms with E-state index in [9.17, 15) is 9.18 Å². The third-order valence-electron chi connectivity index (χ3n) is 2.87. The van der Waals surface area contributed by atoms with Crippen LogP contribution >= 0.6 is 11.6 Å². The molecule has 108 valence electrons. The number of hydrogen-bond acceptors (Lipinski definition) is 4. The second-order valence-corrected chi connectivity index (χ2v) is 4.79. The van der Waals surface area contributed by atoms with Crippen molar-refractivity contribution < 1.29 is 9.13 Å². The number of alkyl halides is 1. The van der Waals surface area contributed by atoms with E-state index in [0.29, 0.717) is 11.1 Å². The molecule has 2 aromatic rings. The number of ether oxygens (including phenoxy) is 1. The normalized spacial score (nSPS) is 11.8. The standard InChI is InChI=1S/C14H11ClFN3O2/c1-7-9(5-17)3-10(15)4-11(7)21-13-12(8(2)16)18-6-19-14(13)20/h3-4,6,8H,1-2H3,(H,18,19,20). The predicted molar refractivity (Wildman–Crippen MR) is 75.4 cm³/mol. The molecular formula is C14H11ClFN3O2. The molecule has 1 N–H and O–H groups in total. The minimum atomic E-state index is -1.47. The van der Waals surface area contributed by atoms with E-state index in [-0.39, 0.29) is 22.2 Å². The van der Waals surface area contributed by atoms with Gasteiger partial charge in [-0.1, -0.05) is 11.6 Å². The lowest BCUT2D eigenvalue weighted by atomic mass is 10.1. The van der Waals surface area contributed by atoms with Crippen molar-refractivity contribution in [3.63, 3.8) is 0 Å². The van der Waals surface area contributed by atoms with Crippen molar-refractivity contribution in [2.45, 2.75) is 20.0 Å². The fraction of sp³-hybridized carbons (Fsp3) is 0.214. The van der Waals surface area contributed by atoms with E-state index < -0.39 is 11.7 Å². The van der Waals surface area contributed by atoms with Crippen LogP contribution in [0.2, 0.25) is 5.02 Å². The first-order valence-electron chi connectivity index (χ1n) is 6.03. The number of nitrogens with zero attached hydrogens (tertiary/aromatic N) is 2. The molecule has 0 aliphatic heterocycles. The Morgan fingerprint density at radius 1 is 1.52 bits per heavy atom. The van der Waals surface area contributed by atoms with Crippen molar-refractivity contribution in [2.75, 3.05) is 0 Å². The molecule has 0 amide bonds. The third-order valence-corrected chi connectivity index (χ3v) is 3.09. The van der Waals surface area contributed by atoms with Gasteiger partial charge >= 0.3 is 0 Å². The summed E-state index contributed by atoms with van der Waals surface area (Å²) in [5.74, 6) is -0.0405. The lowest BCUT2D eigenvalue weighted by Gasteiger charge is -2.12. The number of aromatic amines is 1. The Kier molecular flexibility index (Phi) is 4.24. The zero-order valence-electron chi connectivity index (χ0n) is 11.3. The SMILES string of the molecule is Cc1c(C#N)cc(Cl)cc1Oc1c(C(C)F)nc[nH]c1=O. The van der Waals surface area contributed by atoms with Crippen molar-refractivity contribution in [3.05, 3.63) is 50.7 Å². The molecule has 0 aliphatic rings. The van der Waals surface area contributed by atoms with E-state index in [1.54, 1.807) is 6.92 Å². The zero-order chi connectivity index (χ0) is 15.6. The molecule has 1 aromatic carbocycles. The smallest absolute Gasteiger partial charge is 0.294 e. The van der Waals surface area contributed by atoms with Gasteiger partial charge in [0.05, 0.1) is 18.0 Å². The molecule has 0 saturated carbocycles. The number of hydrogen-bond donors (Lipinski definition) is 1. The van der Waals surface area contributed by atoms with Gasteiger partial charge in [-0.05, 0) is 26.0 Å². The average molecular weight is 308 g/mol. The number of nitrogens with one attached hydrogen (secondary N) is 1. The van der Waals surface area contributed by atoms with Gasteiger partial charge in [0, 0.05) is 10.6 Å². The van der Waals surface area contributed by atoms with Crippen molar-refractivity contribution in [1.82, 2.24) is 9.97 Å². The van der Waals surface area contributed by atoms with Gasteiger partial charge in [-0.15, -0.1) is 0 Å². The van der Waals surface area contributed by atoms with Gasteiger partial charge in [0.25, 0.3) is 5.56 Å². The molecule has 0 aliphatic carbocycles. The largest absolute Gasteiger partial charge is 0.449 e. The summed E-state index contributed by atoms with van der Waals surface area (Å²) in [7, 11) is 0. The molecular weight excluding hydrogens is 297 g/mol. The number of H-pyrrole nitrogens is 1. The van der Waals surface area contributed by atoms with Crippen LogP contribution in [-0.4, -0.2) is 9.97 Å². The van der Waals surface area contributed by atoms with Crippen LogP contribution < -0.4 is 10.3 Å². The Hall–Kier alpha value is -2.39. The second-order valence-electron chi connectivity index (χ2n) is 4.35. The van der Waals surface area contributed by atoms with Crippen molar-refractivity contribution >= 4 is 11.6 Å². The van der Waals surface area contributed by atoms with Crippen LogP contribution in [0.3, 0.4) is 0 Å². The molecule has 2 rings (SSSR count). The monoisotopic (exact) mass is 307 g/mol. The Morgan fingerprint density at radius 3 is 2.86 bits per heavy atom. The molecule has 0 saturated heterocycles. The number of halogens is 2. The molecule has 0 bridgehead atoms. The molecule has 1 heterocycles. The Morgan fingerprint density at radius 2 is 2.24 bits per heavy atom. The van der Waals surface area contributed by atoms with Crippen LogP contribution in [0.15, 0.2) is 23.3 Å². The summed E-state index contributed by atoms with van der Waals surface area (Å²) in [5.41, 5.74) is 0.0919. The molecule has 0 fully saturated rings. The Labute approximate surface area is 125 Å². The van der Waals surface area contributed by atoms with Crippen LogP contribution in [0, 0.1) is 18.3 Å². The number of aromatic nitrogens is 2. The van der Waals surface area contributed by atoms with Crippen molar-refractivity contribution in [3.8, 4) is 17.6 Å². The molecule has 0 radical (unpaired) electrons. The van der Waals surface area contributed by atoms with E-state index in [4.69, 9.17) is 21.6 Å². The fourth-order valence-corrected chi connectivity index (χ4v) is 1.98. The molecule has 0 spiro atoms. The summed E-state index contributed by atoms with van der Waals surface area (Å²) in [6.45, 7) is 2.90. The average Bonchev–Trinajstić information content (AvgIpc) is 2.44. The molecule has 7 heteroatoms. The van der Waals surface area contributed by atoms with E-state index in [0.717, 1.165) is 6.33 Å². The number of rotatable bonds is 3. The van der Waals surface area contributed by atoms with Gasteiger partial charge in [0.15, 0.2) is 0 Å². The fourth-order valence-electron chi connectivity index (χ4n) is 1.77. The highest BCUT2D eigenvalue weighted by Crippen LogP contribution is 2.32. The van der Waals surface area contributed by atoms with E-state index in [1.807, 2.05) is 6.07 Å². The van der Waals surface area contributed by atoms with Crippen LogP contribution in [0.1, 0.15) is 29.9 Å². The minimum Gasteiger partial charge on any atom is -0.449 e. The van der Waals surface area contributed by atoms with Gasteiger partial charge in [-0.25, -0.2) is 9.37 Å². The summed E-state index contributed by atoms with van der Waals surface area (Å²) in [4.78, 5) is 17.9. The summed E-state index contributed by atoms with van der Waals surface area (Å²) < 4.78 is 19.0. The predicted octanol–water partition coefficient (Wildman–Crippen LogP) is 3.43. The summed E-state index contributed by atoms with van der Waals surface area (Å²) in [5, 5.41) is 9.31. The maximum atomic E-state index is 13.5. The Bertz CT molecular complexity index is 781. The first-order valence-corrected chi connectivity index (χ1v) is 6.41. The van der Waals surface area contributed by atoms with Gasteiger partial charge in [-0.2, -0.15) is 5.26 Å². The van der Waals surface area contributed by atoms with Crippen molar-refractivity contribution in [2.24, 2.45) is 0 Å². The molecule has 1 unspecified atom stereocenters. The lowest BCUT2D eigenvalue weighted by Crippen LogP contribution is -2.13. The highest BCUT2D eigenvalue weighted by atomic mass is 35.5. The van der Waals surface area contributed by atoms with E-state index in [1.165, 1.54) is 19.1 Å². The van der Waals surface area contributed by atoms with Crippen LogP contribution in [0.4, 0.5) is 4.39 Å². The van der Waals surface area contributed by atoms with Crippen LogP contribution in [0.5, 0.6) is 11.5 Å². The van der Waals surface area contributed by atoms with E-state index in [2.05, 4.69) is 9.97 Å². The summed E-state index contributed by atoms with van der Waals surface area (Å²) >= 11 is 5.90. The van der Waals surface area contributed by atoms with Gasteiger partial charge in [-0.3, -0.25) is 4.79 Å². The third kappa shape index (κ3) is 3.03. The topological polar surface area (TPSA) is 78.8 Å². The number of nitriles is 1. The highest BCUT2D eigenvalue weighted by molar-refractivity contribution is 6.30. The lowest BCUT2D eigenvalue weighted by molar-refractivity contribution is 0.347. The van der Waals surface area contributed by atoms with E-state index >= 15 is 0 Å². The van der Waals surface area contributed by atoms with Gasteiger partial charge in [0.1, 0.15) is 17.6 Å². The zero-order valence-corrected chi connectivity index (χ0v) is 12.0. The first kappa shape index (κ1) is 15.0. The van der Waals surface area contributed by atoms with Crippen LogP contribution in [0.25, 0.3) is 0 Å². The Balaban J connectivity index is 2.57. The maximum Gasteiger partial charge on any atom is 0.294 e. The van der Waals surface area contributed by atoms with Crippen molar-refractivity contribution in [1.29, 1.82) is 5.26 Å². The quantitative estimate of drug-likeness (QED) is 0.942. The molecule has 21 heavy (non-hydrogen) atoms. The number of benzene rings is 1. The molecule has 1 aromatic heterocycles. The second kappa shape index (κ2) is 5.94. The first-order chi connectivity index (χ1) is 9.93. The molecule has 1 atom stereocenters. The maximum absolute atomic E-state index is 13.5. The molecule has 5 nitrogen and oxygen atoms in total. The summed E-state index contributed by atoms with van der Waals surface area (Å²) in [6.07, 6.45) is -0.371. The van der Waals surface area contributed by atoms with Gasteiger partial charge in [0.2, 0.25) is 5.75 Å². The summed E-state index contributed by atoms with van der Waals surface area (Å²) in [6, 6.07) is 4.91. The van der Waals surface area contributed by atoms with Crippen LogP contribution in [-0.2, 0) is 0 Å². The highest BCUT2D eigenvalue weighted by Gasteiger charge is 2.18. The minimum absolute atomic E-state index is 0.114. The van der Waals surface area contributed by atoms with Gasteiger partial charge < -0.3 is 9.72 Å².